The molecule has 1 aliphatic rings. The van der Waals surface area contributed by atoms with E-state index in [-0.39, 0.29) is 0 Å². The second-order valence-electron chi connectivity index (χ2n) is 5.45. The largest absolute Gasteiger partial charge is 0.384 e. The van der Waals surface area contributed by atoms with Crippen LogP contribution in [0.1, 0.15) is 22.1 Å². The number of aromatic nitrogens is 1. The molecule has 3 heteroatoms. The van der Waals surface area contributed by atoms with Crippen LogP contribution in [0.25, 0.3) is 10.2 Å². The first kappa shape index (κ1) is 11.9. The molecule has 1 aromatic heterocycles. The molecule has 0 radical (unpaired) electrons. The summed E-state index contributed by atoms with van der Waals surface area (Å²) in [6.45, 7) is 3.16. The lowest BCUT2D eigenvalue weighted by Gasteiger charge is -2.07. The summed E-state index contributed by atoms with van der Waals surface area (Å²) in [7, 11) is 0. The summed E-state index contributed by atoms with van der Waals surface area (Å²) in [5.74, 6) is 0.549. The number of aryl methyl sites for hydroxylation is 1. The highest BCUT2D eigenvalue weighted by Crippen LogP contribution is 2.35. The Morgan fingerprint density at radius 2 is 2.15 bits per heavy atom. The molecule has 2 heterocycles. The van der Waals surface area contributed by atoms with Crippen molar-refractivity contribution >= 4 is 27.2 Å². The van der Waals surface area contributed by atoms with Crippen LogP contribution in [-0.4, -0.2) is 11.5 Å². The number of hydrogen-bond donors (Lipinski definition) is 1. The van der Waals surface area contributed by atoms with Gasteiger partial charge in [-0.1, -0.05) is 24.3 Å². The van der Waals surface area contributed by atoms with Crippen molar-refractivity contribution in [2.45, 2.75) is 19.3 Å². The molecule has 1 aliphatic heterocycles. The smallest absolute Gasteiger partial charge is 0.0945 e. The summed E-state index contributed by atoms with van der Waals surface area (Å²) in [4.78, 5) is 4.78. The number of anilines is 1. The molecule has 1 N–H and O–H groups in total. The molecular formula is C17H16N2S. The van der Waals surface area contributed by atoms with E-state index in [0.29, 0.717) is 5.92 Å². The summed E-state index contributed by atoms with van der Waals surface area (Å²) in [6, 6.07) is 15.1. The molecule has 100 valence electrons. The zero-order valence-electron chi connectivity index (χ0n) is 11.4. The molecule has 0 amide bonds. The van der Waals surface area contributed by atoms with Gasteiger partial charge in [-0.3, -0.25) is 0 Å². The van der Waals surface area contributed by atoms with Crippen molar-refractivity contribution in [1.29, 1.82) is 0 Å². The minimum atomic E-state index is 0.549. The molecule has 1 atom stereocenters. The van der Waals surface area contributed by atoms with E-state index < -0.39 is 0 Å². The van der Waals surface area contributed by atoms with E-state index in [9.17, 15) is 0 Å². The lowest BCUT2D eigenvalue weighted by molar-refractivity contribution is 0.749. The number of nitrogens with one attached hydrogen (secondary N) is 1. The van der Waals surface area contributed by atoms with Gasteiger partial charge in [0.2, 0.25) is 0 Å². The van der Waals surface area contributed by atoms with Crippen molar-refractivity contribution in [1.82, 2.24) is 4.98 Å². The molecule has 0 spiro atoms. The van der Waals surface area contributed by atoms with Crippen LogP contribution in [-0.2, 0) is 6.42 Å². The SMILES string of the molecule is Cc1ccc2nc(CC3CNc4ccccc43)sc2c1. The van der Waals surface area contributed by atoms with E-state index in [1.165, 1.54) is 26.5 Å². The molecule has 0 saturated carbocycles. The Bertz CT molecular complexity index is 776. The maximum Gasteiger partial charge on any atom is 0.0945 e. The molecule has 0 aliphatic carbocycles. The average molecular weight is 280 g/mol. The first-order valence-corrected chi connectivity index (χ1v) is 7.80. The van der Waals surface area contributed by atoms with E-state index in [1.807, 2.05) is 11.3 Å². The second-order valence-corrected chi connectivity index (χ2v) is 6.56. The maximum absolute atomic E-state index is 4.78. The summed E-state index contributed by atoms with van der Waals surface area (Å²) in [6.07, 6.45) is 1.03. The lowest BCUT2D eigenvalue weighted by atomic mass is 9.98. The third-order valence-corrected chi connectivity index (χ3v) is 4.99. The molecule has 2 nitrogen and oxygen atoms in total. The first-order valence-electron chi connectivity index (χ1n) is 6.98. The average Bonchev–Trinajstić information content (AvgIpc) is 3.03. The van der Waals surface area contributed by atoms with Gasteiger partial charge in [-0.25, -0.2) is 4.98 Å². The van der Waals surface area contributed by atoms with E-state index in [2.05, 4.69) is 54.7 Å². The molecule has 2 aromatic carbocycles. The van der Waals surface area contributed by atoms with Crippen LogP contribution in [0.2, 0.25) is 0 Å². The zero-order chi connectivity index (χ0) is 13.5. The second kappa shape index (κ2) is 4.60. The van der Waals surface area contributed by atoms with Crippen molar-refractivity contribution < 1.29 is 0 Å². The molecule has 20 heavy (non-hydrogen) atoms. The van der Waals surface area contributed by atoms with Gasteiger partial charge in [0, 0.05) is 24.6 Å². The Morgan fingerprint density at radius 1 is 1.25 bits per heavy atom. The quantitative estimate of drug-likeness (QED) is 0.754. The number of para-hydroxylation sites is 1. The van der Waals surface area contributed by atoms with Gasteiger partial charge < -0.3 is 5.32 Å². The predicted octanol–water partition coefficient (Wildman–Crippen LogP) is 4.36. The van der Waals surface area contributed by atoms with E-state index in [0.717, 1.165) is 18.5 Å². The van der Waals surface area contributed by atoms with Gasteiger partial charge in [0.25, 0.3) is 0 Å². The Hall–Kier alpha value is -1.87. The lowest BCUT2D eigenvalue weighted by Crippen LogP contribution is -2.05. The zero-order valence-corrected chi connectivity index (χ0v) is 12.2. The van der Waals surface area contributed by atoms with Crippen LogP contribution < -0.4 is 5.32 Å². The Balaban J connectivity index is 1.65. The van der Waals surface area contributed by atoms with Crippen LogP contribution in [0.3, 0.4) is 0 Å². The fraction of sp³-hybridized carbons (Fsp3) is 0.235. The first-order chi connectivity index (χ1) is 9.79. The third kappa shape index (κ3) is 1.98. The highest BCUT2D eigenvalue weighted by atomic mass is 32.1. The standard InChI is InChI=1S/C17H16N2S/c1-11-6-7-15-16(8-11)20-17(19-15)9-12-10-18-14-5-3-2-4-13(12)14/h2-8,12,18H,9-10H2,1H3. The number of fused-ring (bicyclic) bond motifs is 2. The van der Waals surface area contributed by atoms with Gasteiger partial charge in [0.15, 0.2) is 0 Å². The fourth-order valence-corrected chi connectivity index (χ4v) is 4.06. The van der Waals surface area contributed by atoms with Gasteiger partial charge in [0.1, 0.15) is 0 Å². The molecule has 1 unspecified atom stereocenters. The van der Waals surface area contributed by atoms with Crippen LogP contribution in [0, 0.1) is 6.92 Å². The summed E-state index contributed by atoms with van der Waals surface area (Å²) in [5, 5.41) is 4.73. The van der Waals surface area contributed by atoms with Crippen LogP contribution >= 0.6 is 11.3 Å². The highest BCUT2D eigenvalue weighted by molar-refractivity contribution is 7.18. The van der Waals surface area contributed by atoms with Crippen LogP contribution in [0.4, 0.5) is 5.69 Å². The summed E-state index contributed by atoms with van der Waals surface area (Å²) >= 11 is 1.83. The van der Waals surface area contributed by atoms with Crippen molar-refractivity contribution in [3.8, 4) is 0 Å². The van der Waals surface area contributed by atoms with Crippen molar-refractivity contribution in [3.63, 3.8) is 0 Å². The fourth-order valence-electron chi connectivity index (χ4n) is 2.92. The Morgan fingerprint density at radius 3 is 3.10 bits per heavy atom. The predicted molar refractivity (Wildman–Crippen MR) is 85.7 cm³/mol. The molecular weight excluding hydrogens is 264 g/mol. The van der Waals surface area contributed by atoms with Crippen molar-refractivity contribution in [2.24, 2.45) is 0 Å². The molecule has 4 rings (SSSR count). The topological polar surface area (TPSA) is 24.9 Å². The van der Waals surface area contributed by atoms with Gasteiger partial charge in [-0.15, -0.1) is 11.3 Å². The van der Waals surface area contributed by atoms with E-state index in [4.69, 9.17) is 4.98 Å². The van der Waals surface area contributed by atoms with Crippen LogP contribution in [0.15, 0.2) is 42.5 Å². The van der Waals surface area contributed by atoms with Gasteiger partial charge in [-0.2, -0.15) is 0 Å². The number of benzene rings is 2. The van der Waals surface area contributed by atoms with Crippen LogP contribution in [0.5, 0.6) is 0 Å². The van der Waals surface area contributed by atoms with Crippen molar-refractivity contribution in [3.05, 3.63) is 58.6 Å². The Kier molecular flexibility index (Phi) is 2.74. The minimum absolute atomic E-state index is 0.549. The van der Waals surface area contributed by atoms with Gasteiger partial charge in [0.05, 0.1) is 15.2 Å². The van der Waals surface area contributed by atoms with Gasteiger partial charge in [-0.05, 0) is 36.2 Å². The normalized spacial score (nSPS) is 17.1. The molecule has 3 aromatic rings. The molecule has 0 saturated heterocycles. The molecule has 0 bridgehead atoms. The number of thiazole rings is 1. The third-order valence-electron chi connectivity index (χ3n) is 3.95. The monoisotopic (exact) mass is 280 g/mol. The number of hydrogen-bond acceptors (Lipinski definition) is 3. The molecule has 0 fully saturated rings. The number of nitrogens with zero attached hydrogens (tertiary/aromatic N) is 1. The van der Waals surface area contributed by atoms with E-state index >= 15 is 0 Å². The number of rotatable bonds is 2. The Labute approximate surface area is 122 Å². The van der Waals surface area contributed by atoms with Crippen molar-refractivity contribution in [2.75, 3.05) is 11.9 Å². The maximum atomic E-state index is 4.78. The summed E-state index contributed by atoms with van der Waals surface area (Å²) in [5.41, 5.74) is 5.16. The van der Waals surface area contributed by atoms with E-state index in [1.54, 1.807) is 0 Å². The van der Waals surface area contributed by atoms with Gasteiger partial charge >= 0.3 is 0 Å². The summed E-state index contributed by atoms with van der Waals surface area (Å²) < 4.78 is 1.30. The minimum Gasteiger partial charge on any atom is -0.384 e. The highest BCUT2D eigenvalue weighted by Gasteiger charge is 2.22.